The third kappa shape index (κ3) is 3.81. The summed E-state index contributed by atoms with van der Waals surface area (Å²) in [6, 6.07) is 15.1. The van der Waals surface area contributed by atoms with Crippen molar-refractivity contribution in [2.24, 2.45) is 0 Å². The number of nitrogens with one attached hydrogen (secondary N) is 1. The molecular weight excluding hydrogens is 451 g/mol. The van der Waals surface area contributed by atoms with E-state index in [1.807, 2.05) is 36.4 Å². The lowest BCUT2D eigenvalue weighted by Crippen LogP contribution is -2.36. The van der Waals surface area contributed by atoms with Crippen molar-refractivity contribution in [3.8, 4) is 0 Å². The average molecular weight is 469 g/mol. The Morgan fingerprint density at radius 1 is 1.06 bits per heavy atom. The summed E-state index contributed by atoms with van der Waals surface area (Å²) in [5, 5.41) is 4.11. The standard InChI is InChI=1S/C23H18ClFN4O2S/c24-20-12-18(5-6-21(20)25)32(30,31)29-10-8-19-16(14-29)7-9-26-23(19)28-17-11-15-3-1-2-4-22(15)27-13-17/h1-7,9,11-13H,8,10,14H2,(H,26,28). The Balaban J connectivity index is 1.42. The molecule has 162 valence electrons. The van der Waals surface area contributed by atoms with Gasteiger partial charge in [0.25, 0.3) is 0 Å². The Kier molecular flexibility index (Phi) is 5.28. The monoisotopic (exact) mass is 468 g/mol. The molecule has 0 radical (unpaired) electrons. The molecule has 3 heterocycles. The maximum absolute atomic E-state index is 13.5. The molecule has 2 aromatic carbocycles. The molecule has 0 spiro atoms. The van der Waals surface area contributed by atoms with Gasteiger partial charge >= 0.3 is 0 Å². The van der Waals surface area contributed by atoms with Crippen LogP contribution in [0.3, 0.4) is 0 Å². The van der Waals surface area contributed by atoms with Crippen molar-refractivity contribution in [1.29, 1.82) is 0 Å². The minimum absolute atomic E-state index is 0.0259. The Bertz CT molecular complexity index is 1450. The Hall–Kier alpha value is -3.07. The molecule has 4 aromatic rings. The van der Waals surface area contributed by atoms with Gasteiger partial charge < -0.3 is 5.32 Å². The van der Waals surface area contributed by atoms with Crippen molar-refractivity contribution in [2.45, 2.75) is 17.9 Å². The molecule has 32 heavy (non-hydrogen) atoms. The number of halogens is 2. The average Bonchev–Trinajstić information content (AvgIpc) is 2.80. The fourth-order valence-electron chi connectivity index (χ4n) is 3.84. The maximum atomic E-state index is 13.5. The Labute approximate surface area is 189 Å². The van der Waals surface area contributed by atoms with Crippen molar-refractivity contribution < 1.29 is 12.8 Å². The molecule has 0 bridgehead atoms. The zero-order chi connectivity index (χ0) is 22.3. The maximum Gasteiger partial charge on any atom is 0.243 e. The minimum Gasteiger partial charge on any atom is -0.339 e. The van der Waals surface area contributed by atoms with Gasteiger partial charge in [0.05, 0.1) is 27.3 Å². The van der Waals surface area contributed by atoms with Crippen LogP contribution in [-0.2, 0) is 23.0 Å². The summed E-state index contributed by atoms with van der Waals surface area (Å²) < 4.78 is 41.0. The second-order valence-electron chi connectivity index (χ2n) is 7.50. The van der Waals surface area contributed by atoms with Crippen molar-refractivity contribution in [1.82, 2.24) is 14.3 Å². The highest BCUT2D eigenvalue weighted by Crippen LogP contribution is 2.31. The highest BCUT2D eigenvalue weighted by molar-refractivity contribution is 7.89. The number of benzene rings is 2. The molecule has 0 amide bonds. The van der Waals surface area contributed by atoms with Crippen LogP contribution >= 0.6 is 11.6 Å². The highest BCUT2D eigenvalue weighted by Gasteiger charge is 2.30. The van der Waals surface area contributed by atoms with E-state index < -0.39 is 15.8 Å². The van der Waals surface area contributed by atoms with E-state index in [9.17, 15) is 12.8 Å². The lowest BCUT2D eigenvalue weighted by molar-refractivity contribution is 0.391. The van der Waals surface area contributed by atoms with Crippen LogP contribution in [0.4, 0.5) is 15.9 Å². The normalized spacial score (nSPS) is 14.3. The highest BCUT2D eigenvalue weighted by atomic mass is 35.5. The van der Waals surface area contributed by atoms with Crippen molar-refractivity contribution in [3.63, 3.8) is 0 Å². The number of hydrogen-bond acceptors (Lipinski definition) is 5. The predicted octanol–water partition coefficient (Wildman–Crippen LogP) is 4.91. The number of rotatable bonds is 4. The fourth-order valence-corrected chi connectivity index (χ4v) is 5.53. The van der Waals surface area contributed by atoms with E-state index in [1.165, 1.54) is 10.4 Å². The van der Waals surface area contributed by atoms with Gasteiger partial charge in [0.1, 0.15) is 11.6 Å². The van der Waals surface area contributed by atoms with Crippen LogP contribution in [0, 0.1) is 5.82 Å². The first-order valence-corrected chi connectivity index (χ1v) is 11.8. The summed E-state index contributed by atoms with van der Waals surface area (Å²) in [6.45, 7) is 0.473. The van der Waals surface area contributed by atoms with E-state index >= 15 is 0 Å². The molecule has 0 unspecified atom stereocenters. The van der Waals surface area contributed by atoms with Gasteiger partial charge in [-0.05, 0) is 48.4 Å². The van der Waals surface area contributed by atoms with Crippen LogP contribution in [-0.4, -0.2) is 29.2 Å². The quantitative estimate of drug-likeness (QED) is 0.460. The van der Waals surface area contributed by atoms with Crippen LogP contribution in [0.5, 0.6) is 0 Å². The summed E-state index contributed by atoms with van der Waals surface area (Å²) in [6.07, 6.45) is 3.89. The van der Waals surface area contributed by atoms with Gasteiger partial charge in [-0.25, -0.2) is 17.8 Å². The van der Waals surface area contributed by atoms with Crippen molar-refractivity contribution in [3.05, 3.63) is 89.0 Å². The topological polar surface area (TPSA) is 75.2 Å². The third-order valence-corrected chi connectivity index (χ3v) is 7.62. The van der Waals surface area contributed by atoms with Crippen LogP contribution < -0.4 is 5.32 Å². The smallest absolute Gasteiger partial charge is 0.243 e. The molecule has 0 atom stereocenters. The molecule has 1 aliphatic heterocycles. The number of anilines is 2. The second-order valence-corrected chi connectivity index (χ2v) is 9.85. The molecule has 1 aliphatic rings. The van der Waals surface area contributed by atoms with Gasteiger partial charge in [0.2, 0.25) is 10.0 Å². The van der Waals surface area contributed by atoms with E-state index in [0.29, 0.717) is 12.2 Å². The number of hydrogen-bond donors (Lipinski definition) is 1. The van der Waals surface area contributed by atoms with Crippen LogP contribution in [0.1, 0.15) is 11.1 Å². The molecule has 6 nitrogen and oxygen atoms in total. The predicted molar refractivity (Wildman–Crippen MR) is 122 cm³/mol. The molecule has 0 aliphatic carbocycles. The third-order valence-electron chi connectivity index (χ3n) is 5.49. The second kappa shape index (κ2) is 8.12. The van der Waals surface area contributed by atoms with Crippen molar-refractivity contribution in [2.75, 3.05) is 11.9 Å². The van der Waals surface area contributed by atoms with Gasteiger partial charge in [0, 0.05) is 30.2 Å². The Morgan fingerprint density at radius 2 is 1.91 bits per heavy atom. The molecule has 1 N–H and O–H groups in total. The van der Waals surface area contributed by atoms with Crippen molar-refractivity contribution >= 4 is 44.0 Å². The lowest BCUT2D eigenvalue weighted by Gasteiger charge is -2.29. The summed E-state index contributed by atoms with van der Waals surface area (Å²) in [5.41, 5.74) is 3.53. The lowest BCUT2D eigenvalue weighted by atomic mass is 10.0. The first-order chi connectivity index (χ1) is 15.4. The molecular formula is C23H18ClFN4O2S. The van der Waals surface area contributed by atoms with Crippen LogP contribution in [0.25, 0.3) is 10.9 Å². The van der Waals surface area contributed by atoms with Gasteiger partial charge in [-0.1, -0.05) is 29.8 Å². The van der Waals surface area contributed by atoms with Gasteiger partial charge in [-0.15, -0.1) is 0 Å². The molecule has 0 fully saturated rings. The first-order valence-electron chi connectivity index (χ1n) is 9.95. The molecule has 5 rings (SSSR count). The molecule has 0 saturated heterocycles. The first kappa shape index (κ1) is 20.8. The summed E-state index contributed by atoms with van der Waals surface area (Å²) in [5.74, 6) is 0.0287. The van der Waals surface area contributed by atoms with Gasteiger partial charge in [0.15, 0.2) is 0 Å². The largest absolute Gasteiger partial charge is 0.339 e. The molecule has 0 saturated carbocycles. The zero-order valence-corrected chi connectivity index (χ0v) is 18.4. The minimum atomic E-state index is -3.81. The van der Waals surface area contributed by atoms with E-state index in [-0.39, 0.29) is 23.0 Å². The summed E-state index contributed by atoms with van der Waals surface area (Å²) in [4.78, 5) is 8.91. The summed E-state index contributed by atoms with van der Waals surface area (Å²) in [7, 11) is -3.81. The van der Waals surface area contributed by atoms with Gasteiger partial charge in [-0.2, -0.15) is 4.31 Å². The number of pyridine rings is 2. The van der Waals surface area contributed by atoms with E-state index in [1.54, 1.807) is 12.4 Å². The Morgan fingerprint density at radius 3 is 2.75 bits per heavy atom. The van der Waals surface area contributed by atoms with E-state index in [2.05, 4.69) is 15.3 Å². The number of para-hydroxylation sites is 1. The number of nitrogens with zero attached hydrogens (tertiary/aromatic N) is 3. The van der Waals surface area contributed by atoms with Crippen LogP contribution in [0.15, 0.2) is 71.9 Å². The summed E-state index contributed by atoms with van der Waals surface area (Å²) >= 11 is 5.79. The number of fused-ring (bicyclic) bond motifs is 2. The van der Waals surface area contributed by atoms with Crippen LogP contribution in [0.2, 0.25) is 5.02 Å². The number of aromatic nitrogens is 2. The molecule has 9 heteroatoms. The van der Waals surface area contributed by atoms with E-state index in [0.717, 1.165) is 39.8 Å². The fraction of sp³-hybridized carbons (Fsp3) is 0.130. The molecule has 2 aromatic heterocycles. The van der Waals surface area contributed by atoms with E-state index in [4.69, 9.17) is 11.6 Å². The SMILES string of the molecule is O=S(=O)(c1ccc(F)c(Cl)c1)N1CCc2c(ccnc2Nc2cnc3ccccc3c2)C1. The zero-order valence-electron chi connectivity index (χ0n) is 16.8. The van der Waals surface area contributed by atoms with Gasteiger partial charge in [-0.3, -0.25) is 4.98 Å². The number of sulfonamides is 1.